The predicted molar refractivity (Wildman–Crippen MR) is 135 cm³/mol. The van der Waals surface area contributed by atoms with E-state index in [1.807, 2.05) is 43.1 Å². The number of aromatic nitrogens is 4. The zero-order chi connectivity index (χ0) is 25.1. The van der Waals surface area contributed by atoms with Gasteiger partial charge >= 0.3 is 0 Å². The fraction of sp³-hybridized carbons (Fsp3) is 0.538. The van der Waals surface area contributed by atoms with Crippen LogP contribution in [0.1, 0.15) is 72.4 Å². The van der Waals surface area contributed by atoms with Crippen molar-refractivity contribution in [1.82, 2.24) is 24.6 Å². The number of aryl methyl sites for hydroxylation is 2. The third kappa shape index (κ3) is 5.24. The normalized spacial score (nSPS) is 15.3. The van der Waals surface area contributed by atoms with Gasteiger partial charge in [0, 0.05) is 43.6 Å². The van der Waals surface area contributed by atoms with Gasteiger partial charge in [-0.15, -0.1) is 0 Å². The van der Waals surface area contributed by atoms with Crippen LogP contribution in [0, 0.1) is 19.8 Å². The van der Waals surface area contributed by atoms with E-state index in [0.29, 0.717) is 29.9 Å². The molecule has 9 nitrogen and oxygen atoms in total. The summed E-state index contributed by atoms with van der Waals surface area (Å²) in [5.41, 5.74) is 5.36. The number of benzene rings is 1. The molecule has 2 heterocycles. The van der Waals surface area contributed by atoms with Crippen LogP contribution in [0.5, 0.6) is 0 Å². The van der Waals surface area contributed by atoms with E-state index in [0.717, 1.165) is 48.2 Å². The third-order valence-electron chi connectivity index (χ3n) is 7.08. The lowest BCUT2D eigenvalue weighted by Crippen LogP contribution is -2.28. The number of fused-ring (bicyclic) bond motifs is 1. The summed E-state index contributed by atoms with van der Waals surface area (Å²) >= 11 is 0. The first kappa shape index (κ1) is 24.9. The molecule has 2 amide bonds. The lowest BCUT2D eigenvalue weighted by atomic mass is 9.88. The molecule has 188 valence electrons. The van der Waals surface area contributed by atoms with Crippen molar-refractivity contribution in [1.29, 1.82) is 0 Å². The van der Waals surface area contributed by atoms with Crippen LogP contribution in [0.15, 0.2) is 18.5 Å². The summed E-state index contributed by atoms with van der Waals surface area (Å²) in [5, 5.41) is 10.7. The van der Waals surface area contributed by atoms with Crippen molar-refractivity contribution < 1.29 is 14.3 Å². The number of anilines is 1. The molecule has 9 heteroatoms. The molecule has 3 aromatic rings. The Hall–Kier alpha value is -3.20. The fourth-order valence-electron chi connectivity index (χ4n) is 5.19. The lowest BCUT2D eigenvalue weighted by molar-refractivity contribution is -0.120. The van der Waals surface area contributed by atoms with Gasteiger partial charge in [-0.05, 0) is 45.7 Å². The number of amides is 2. The summed E-state index contributed by atoms with van der Waals surface area (Å²) < 4.78 is 8.99. The van der Waals surface area contributed by atoms with Gasteiger partial charge in [-0.1, -0.05) is 19.3 Å². The van der Waals surface area contributed by atoms with Gasteiger partial charge in [-0.2, -0.15) is 5.10 Å². The summed E-state index contributed by atoms with van der Waals surface area (Å²) in [6, 6.07) is 3.37. The zero-order valence-electron chi connectivity index (χ0n) is 21.4. The van der Waals surface area contributed by atoms with Crippen molar-refractivity contribution in [2.24, 2.45) is 13.0 Å². The topological polar surface area (TPSA) is 103 Å². The van der Waals surface area contributed by atoms with Crippen molar-refractivity contribution in [3.8, 4) is 0 Å². The molecule has 0 aliphatic heterocycles. The van der Waals surface area contributed by atoms with Gasteiger partial charge in [-0.3, -0.25) is 14.3 Å². The van der Waals surface area contributed by atoms with E-state index in [2.05, 4.69) is 20.7 Å². The first-order valence-corrected chi connectivity index (χ1v) is 12.4. The number of nitrogens with zero attached hydrogens (tertiary/aromatic N) is 4. The highest BCUT2D eigenvalue weighted by molar-refractivity contribution is 6.07. The van der Waals surface area contributed by atoms with Crippen LogP contribution in [-0.4, -0.2) is 44.9 Å². The molecule has 1 unspecified atom stereocenters. The largest absolute Gasteiger partial charge is 0.383 e. The molecule has 0 radical (unpaired) electrons. The molecule has 2 aromatic heterocycles. The van der Waals surface area contributed by atoms with Crippen molar-refractivity contribution in [2.45, 2.75) is 65.5 Å². The molecule has 1 aliphatic carbocycles. The van der Waals surface area contributed by atoms with E-state index in [1.54, 1.807) is 19.5 Å². The Morgan fingerprint density at radius 3 is 2.60 bits per heavy atom. The Labute approximate surface area is 206 Å². The number of hydrogen-bond acceptors (Lipinski definition) is 5. The number of carbonyl (C=O) groups is 2. The molecule has 1 saturated carbocycles. The molecule has 1 atom stereocenters. The number of nitrogens with one attached hydrogen (secondary N) is 2. The Bertz CT molecular complexity index is 1220. The molecule has 1 fully saturated rings. The quantitative estimate of drug-likeness (QED) is 0.506. The van der Waals surface area contributed by atoms with Crippen molar-refractivity contribution in [3.63, 3.8) is 0 Å². The highest BCUT2D eigenvalue weighted by atomic mass is 16.5. The van der Waals surface area contributed by atoms with E-state index in [9.17, 15) is 9.59 Å². The smallest absolute Gasteiger partial charge is 0.254 e. The Morgan fingerprint density at radius 1 is 1.20 bits per heavy atom. The van der Waals surface area contributed by atoms with E-state index in [-0.39, 0.29) is 23.8 Å². The molecule has 0 saturated heterocycles. The zero-order valence-corrected chi connectivity index (χ0v) is 21.4. The minimum Gasteiger partial charge on any atom is -0.383 e. The monoisotopic (exact) mass is 480 g/mol. The van der Waals surface area contributed by atoms with Crippen LogP contribution in [0.4, 0.5) is 5.69 Å². The second-order valence-electron chi connectivity index (χ2n) is 9.55. The maximum absolute atomic E-state index is 13.6. The molecule has 1 aliphatic rings. The molecule has 1 aromatic carbocycles. The second kappa shape index (κ2) is 10.6. The van der Waals surface area contributed by atoms with Gasteiger partial charge in [0.1, 0.15) is 0 Å². The van der Waals surface area contributed by atoms with Crippen molar-refractivity contribution >= 4 is 28.5 Å². The number of rotatable bonds is 8. The standard InChI is InChI=1S/C26H36N6O3/c1-16(23-17(2)30-31(4)18(23)3)28-26(34)21-13-20(29-25(33)19-9-7-6-8-10-19)14-22-24(21)32(15-27-22)11-12-35-5/h13-16,19H,6-12H2,1-5H3,(H,28,34)(H,29,33). The van der Waals surface area contributed by atoms with Gasteiger partial charge in [-0.25, -0.2) is 4.98 Å². The van der Waals surface area contributed by atoms with E-state index >= 15 is 0 Å². The molecule has 4 rings (SSSR count). The van der Waals surface area contributed by atoms with Crippen LogP contribution in [0.2, 0.25) is 0 Å². The van der Waals surface area contributed by atoms with Crippen LogP contribution in [0.3, 0.4) is 0 Å². The van der Waals surface area contributed by atoms with Crippen LogP contribution >= 0.6 is 0 Å². The number of imidazole rings is 1. The van der Waals surface area contributed by atoms with Gasteiger partial charge in [0.05, 0.1) is 41.3 Å². The van der Waals surface area contributed by atoms with Gasteiger partial charge in [0.15, 0.2) is 0 Å². The summed E-state index contributed by atoms with van der Waals surface area (Å²) in [5.74, 6) is -0.185. The third-order valence-corrected chi connectivity index (χ3v) is 7.08. The highest BCUT2D eigenvalue weighted by Crippen LogP contribution is 2.28. The summed E-state index contributed by atoms with van der Waals surface area (Å²) in [6.07, 6.45) is 6.89. The van der Waals surface area contributed by atoms with Gasteiger partial charge in [0.2, 0.25) is 5.91 Å². The average molecular weight is 481 g/mol. The Balaban J connectivity index is 1.66. The predicted octanol–water partition coefficient (Wildman–Crippen LogP) is 4.04. The van der Waals surface area contributed by atoms with E-state index < -0.39 is 0 Å². The Morgan fingerprint density at radius 2 is 1.94 bits per heavy atom. The number of ether oxygens (including phenoxy) is 1. The minimum absolute atomic E-state index is 0.0178. The first-order valence-electron chi connectivity index (χ1n) is 12.4. The number of methoxy groups -OCH3 is 1. The van der Waals surface area contributed by atoms with Crippen LogP contribution < -0.4 is 10.6 Å². The molecule has 2 N–H and O–H groups in total. The number of hydrogen-bond donors (Lipinski definition) is 2. The molecular weight excluding hydrogens is 444 g/mol. The summed E-state index contributed by atoms with van der Waals surface area (Å²) in [6.45, 7) is 6.97. The van der Waals surface area contributed by atoms with Gasteiger partial charge in [0.25, 0.3) is 5.91 Å². The first-order chi connectivity index (χ1) is 16.8. The van der Waals surface area contributed by atoms with Crippen molar-refractivity contribution in [2.75, 3.05) is 19.0 Å². The molecule has 35 heavy (non-hydrogen) atoms. The fourth-order valence-corrected chi connectivity index (χ4v) is 5.19. The second-order valence-corrected chi connectivity index (χ2v) is 9.55. The number of carbonyl (C=O) groups excluding carboxylic acids is 2. The van der Waals surface area contributed by atoms with Crippen LogP contribution in [-0.2, 0) is 23.1 Å². The lowest BCUT2D eigenvalue weighted by Gasteiger charge is -2.21. The van der Waals surface area contributed by atoms with Crippen LogP contribution in [0.25, 0.3) is 11.0 Å². The average Bonchev–Trinajstić information content (AvgIpc) is 3.36. The minimum atomic E-state index is -0.234. The summed E-state index contributed by atoms with van der Waals surface area (Å²) in [4.78, 5) is 31.0. The molecular formula is C26H36N6O3. The highest BCUT2D eigenvalue weighted by Gasteiger charge is 2.24. The van der Waals surface area contributed by atoms with E-state index in [1.165, 1.54) is 6.42 Å². The molecule has 0 bridgehead atoms. The Kier molecular flexibility index (Phi) is 7.54. The summed E-state index contributed by atoms with van der Waals surface area (Å²) in [7, 11) is 3.54. The SMILES string of the molecule is COCCn1cnc2cc(NC(=O)C3CCCCC3)cc(C(=O)NC(C)c3c(C)nn(C)c3C)c21. The maximum atomic E-state index is 13.6. The van der Waals surface area contributed by atoms with Crippen molar-refractivity contribution in [3.05, 3.63) is 41.0 Å². The molecule has 0 spiro atoms. The van der Waals surface area contributed by atoms with E-state index in [4.69, 9.17) is 4.74 Å². The van der Waals surface area contributed by atoms with Gasteiger partial charge < -0.3 is 19.9 Å². The maximum Gasteiger partial charge on any atom is 0.254 e.